The average Bonchev–Trinajstić information content (AvgIpc) is 3.23. The van der Waals surface area contributed by atoms with Crippen LogP contribution in [0.5, 0.6) is 0 Å². The van der Waals surface area contributed by atoms with Gasteiger partial charge >= 0.3 is 0 Å². The summed E-state index contributed by atoms with van der Waals surface area (Å²) in [6.07, 6.45) is 2.73. The number of nitrogens with zero attached hydrogens (tertiary/aromatic N) is 5. The average molecular weight is 329 g/mol. The summed E-state index contributed by atoms with van der Waals surface area (Å²) in [5.41, 5.74) is 2.42. The molecule has 0 saturated carbocycles. The van der Waals surface area contributed by atoms with E-state index in [1.165, 1.54) is 38.0 Å². The third-order valence-corrected chi connectivity index (χ3v) is 5.73. The van der Waals surface area contributed by atoms with Crippen molar-refractivity contribution in [2.45, 2.75) is 31.6 Å². The van der Waals surface area contributed by atoms with Crippen LogP contribution in [0.4, 0.5) is 0 Å². The van der Waals surface area contributed by atoms with Gasteiger partial charge < -0.3 is 4.90 Å². The molecule has 6 heteroatoms. The second-order valence-electron chi connectivity index (χ2n) is 6.46. The molecule has 0 amide bonds. The molecule has 0 unspecified atom stereocenters. The Bertz CT molecular complexity index is 660. The second-order valence-corrected chi connectivity index (χ2v) is 7.37. The fourth-order valence-corrected chi connectivity index (χ4v) is 4.16. The summed E-state index contributed by atoms with van der Waals surface area (Å²) < 4.78 is 2.25. The van der Waals surface area contributed by atoms with Gasteiger partial charge in [0.15, 0.2) is 11.0 Å². The summed E-state index contributed by atoms with van der Waals surface area (Å²) in [4.78, 5) is 5.07. The molecule has 3 heterocycles. The molecule has 0 bridgehead atoms. The van der Waals surface area contributed by atoms with Gasteiger partial charge in [-0.15, -0.1) is 10.2 Å². The highest BCUT2D eigenvalue weighted by molar-refractivity contribution is 7.99. The molecule has 1 fully saturated rings. The smallest absolute Gasteiger partial charge is 0.193 e. The largest absolute Gasteiger partial charge is 0.302 e. The molecule has 2 aromatic rings. The van der Waals surface area contributed by atoms with Crippen LogP contribution in [0, 0.1) is 6.92 Å². The molecule has 0 spiro atoms. The Labute approximate surface area is 141 Å². The fraction of sp³-hybridized carbons (Fsp3) is 0.529. The van der Waals surface area contributed by atoms with Gasteiger partial charge in [0.2, 0.25) is 0 Å². The molecule has 0 N–H and O–H groups in total. The molecular formula is C17H23N5S. The Morgan fingerprint density at radius 1 is 1.00 bits per heavy atom. The molecule has 2 aliphatic rings. The van der Waals surface area contributed by atoms with Crippen molar-refractivity contribution in [1.82, 2.24) is 24.6 Å². The van der Waals surface area contributed by atoms with Gasteiger partial charge in [-0.3, -0.25) is 9.47 Å². The SMILES string of the molecule is Cc1ccc(-c2nnc3n2CN(CCN2CCCC2)CS3)cc1. The summed E-state index contributed by atoms with van der Waals surface area (Å²) in [7, 11) is 0. The van der Waals surface area contributed by atoms with Crippen molar-refractivity contribution in [3.05, 3.63) is 29.8 Å². The predicted octanol–water partition coefficient (Wildman–Crippen LogP) is 2.67. The zero-order valence-corrected chi connectivity index (χ0v) is 14.4. The van der Waals surface area contributed by atoms with Crippen molar-refractivity contribution in [3.63, 3.8) is 0 Å². The Morgan fingerprint density at radius 3 is 2.52 bits per heavy atom. The topological polar surface area (TPSA) is 37.2 Å². The van der Waals surface area contributed by atoms with E-state index in [1.807, 2.05) is 0 Å². The van der Waals surface area contributed by atoms with Crippen molar-refractivity contribution in [3.8, 4) is 11.4 Å². The quantitative estimate of drug-likeness (QED) is 0.862. The van der Waals surface area contributed by atoms with Crippen molar-refractivity contribution in [2.24, 2.45) is 0 Å². The Hall–Kier alpha value is -1.37. The molecule has 0 atom stereocenters. The van der Waals surface area contributed by atoms with Crippen LogP contribution in [-0.2, 0) is 6.67 Å². The fourth-order valence-electron chi connectivity index (χ4n) is 3.25. The first-order chi connectivity index (χ1) is 11.3. The third kappa shape index (κ3) is 3.29. The molecule has 4 rings (SSSR count). The highest BCUT2D eigenvalue weighted by Crippen LogP contribution is 2.28. The summed E-state index contributed by atoms with van der Waals surface area (Å²) in [6.45, 7) is 7.85. The van der Waals surface area contributed by atoms with Crippen LogP contribution in [0.25, 0.3) is 11.4 Å². The Kier molecular flexibility index (Phi) is 4.37. The second kappa shape index (κ2) is 6.63. The molecular weight excluding hydrogens is 306 g/mol. The van der Waals surface area contributed by atoms with Crippen molar-refractivity contribution in [2.75, 3.05) is 32.1 Å². The minimum Gasteiger partial charge on any atom is -0.302 e. The molecule has 0 aliphatic carbocycles. The van der Waals surface area contributed by atoms with Gasteiger partial charge in [-0.2, -0.15) is 0 Å². The van der Waals surface area contributed by atoms with Crippen molar-refractivity contribution in [1.29, 1.82) is 0 Å². The molecule has 1 aromatic heterocycles. The van der Waals surface area contributed by atoms with Gasteiger partial charge in [0.1, 0.15) is 0 Å². The van der Waals surface area contributed by atoms with E-state index in [-0.39, 0.29) is 0 Å². The summed E-state index contributed by atoms with van der Waals surface area (Å²) in [6, 6.07) is 8.55. The van der Waals surface area contributed by atoms with E-state index in [0.29, 0.717) is 0 Å². The summed E-state index contributed by atoms with van der Waals surface area (Å²) in [5.74, 6) is 2.00. The van der Waals surface area contributed by atoms with E-state index in [0.717, 1.165) is 35.6 Å². The van der Waals surface area contributed by atoms with Crippen LogP contribution in [0.1, 0.15) is 18.4 Å². The first-order valence-electron chi connectivity index (χ1n) is 8.37. The zero-order valence-electron chi connectivity index (χ0n) is 13.6. The van der Waals surface area contributed by atoms with E-state index in [1.54, 1.807) is 11.8 Å². The van der Waals surface area contributed by atoms with Gasteiger partial charge in [0, 0.05) is 18.7 Å². The molecule has 2 aliphatic heterocycles. The first kappa shape index (κ1) is 15.2. The predicted molar refractivity (Wildman–Crippen MR) is 93.3 cm³/mol. The van der Waals surface area contributed by atoms with E-state index in [9.17, 15) is 0 Å². The monoisotopic (exact) mass is 329 g/mol. The number of likely N-dealkylation sites (tertiary alicyclic amines) is 1. The highest BCUT2D eigenvalue weighted by atomic mass is 32.2. The minimum absolute atomic E-state index is 0.895. The Morgan fingerprint density at radius 2 is 1.74 bits per heavy atom. The molecule has 5 nitrogen and oxygen atoms in total. The number of thioether (sulfide) groups is 1. The summed E-state index contributed by atoms with van der Waals surface area (Å²) >= 11 is 1.79. The molecule has 23 heavy (non-hydrogen) atoms. The molecule has 0 radical (unpaired) electrons. The lowest BCUT2D eigenvalue weighted by Gasteiger charge is -2.29. The maximum Gasteiger partial charge on any atom is 0.193 e. The highest BCUT2D eigenvalue weighted by Gasteiger charge is 2.23. The third-order valence-electron chi connectivity index (χ3n) is 4.68. The number of hydrogen-bond donors (Lipinski definition) is 0. The van der Waals surface area contributed by atoms with E-state index < -0.39 is 0 Å². The van der Waals surface area contributed by atoms with Crippen LogP contribution in [-0.4, -0.2) is 56.6 Å². The van der Waals surface area contributed by atoms with Crippen molar-refractivity contribution >= 4 is 11.8 Å². The lowest BCUT2D eigenvalue weighted by atomic mass is 10.1. The molecule has 122 valence electrons. The van der Waals surface area contributed by atoms with Gasteiger partial charge in [-0.1, -0.05) is 41.6 Å². The van der Waals surface area contributed by atoms with E-state index >= 15 is 0 Å². The number of rotatable bonds is 4. The zero-order chi connectivity index (χ0) is 15.6. The lowest BCUT2D eigenvalue weighted by Crippen LogP contribution is -2.37. The van der Waals surface area contributed by atoms with Crippen LogP contribution < -0.4 is 0 Å². The van der Waals surface area contributed by atoms with Gasteiger partial charge in [0.05, 0.1) is 12.5 Å². The van der Waals surface area contributed by atoms with Crippen LogP contribution in [0.15, 0.2) is 29.4 Å². The Balaban J connectivity index is 1.47. The van der Waals surface area contributed by atoms with Crippen LogP contribution >= 0.6 is 11.8 Å². The van der Waals surface area contributed by atoms with E-state index in [2.05, 4.69) is 55.8 Å². The summed E-state index contributed by atoms with van der Waals surface area (Å²) in [5, 5.41) is 9.83. The van der Waals surface area contributed by atoms with Gasteiger partial charge in [-0.05, 0) is 32.9 Å². The first-order valence-corrected chi connectivity index (χ1v) is 9.36. The number of hydrogen-bond acceptors (Lipinski definition) is 5. The minimum atomic E-state index is 0.895. The number of benzene rings is 1. The van der Waals surface area contributed by atoms with Crippen LogP contribution in [0.3, 0.4) is 0 Å². The number of aryl methyl sites for hydroxylation is 1. The number of fused-ring (bicyclic) bond motifs is 1. The lowest BCUT2D eigenvalue weighted by molar-refractivity contribution is 0.203. The molecule has 1 aromatic carbocycles. The standard InChI is InChI=1S/C17H23N5S/c1-14-4-6-15(7-5-14)16-18-19-17-22(16)12-21(13-23-17)11-10-20-8-2-3-9-20/h4-7H,2-3,8-13H2,1H3. The van der Waals surface area contributed by atoms with E-state index in [4.69, 9.17) is 0 Å². The maximum atomic E-state index is 4.42. The van der Waals surface area contributed by atoms with Gasteiger partial charge in [-0.25, -0.2) is 0 Å². The maximum absolute atomic E-state index is 4.42. The van der Waals surface area contributed by atoms with Crippen molar-refractivity contribution < 1.29 is 0 Å². The number of aromatic nitrogens is 3. The normalized spacial score (nSPS) is 19.2. The van der Waals surface area contributed by atoms with Crippen LogP contribution in [0.2, 0.25) is 0 Å². The van der Waals surface area contributed by atoms with Gasteiger partial charge in [0.25, 0.3) is 0 Å². The molecule has 1 saturated heterocycles.